The van der Waals surface area contributed by atoms with Crippen molar-refractivity contribution in [2.75, 3.05) is 13.1 Å². The number of hydrogen-bond acceptors (Lipinski definition) is 4. The Hall–Kier alpha value is -0.750. The third kappa shape index (κ3) is 8.06. The summed E-state index contributed by atoms with van der Waals surface area (Å²) in [7, 11) is 0. The zero-order valence-corrected chi connectivity index (χ0v) is 16.2. The largest absolute Gasteiger partial charge is 0.591 e. The maximum Gasteiger partial charge on any atom is 0.410 e. The second kappa shape index (κ2) is 8.38. The topological polar surface area (TPSA) is 65.0 Å². The smallest absolute Gasteiger partial charge is 0.410 e. The molecule has 1 saturated heterocycles. The quantitative estimate of drug-likeness (QED) is 0.573. The highest BCUT2D eigenvalue weighted by Crippen LogP contribution is 2.23. The van der Waals surface area contributed by atoms with Crippen LogP contribution in [0.3, 0.4) is 0 Å². The maximum atomic E-state index is 12.1. The van der Waals surface area contributed by atoms with Crippen LogP contribution in [0.5, 0.6) is 0 Å². The predicted molar refractivity (Wildman–Crippen MR) is 96.2 cm³/mol. The predicted octanol–water partition coefficient (Wildman–Crippen LogP) is 3.95. The average molecular weight is 345 g/mol. The van der Waals surface area contributed by atoms with Crippen LogP contribution in [0, 0.1) is 5.92 Å². The summed E-state index contributed by atoms with van der Waals surface area (Å²) in [5.41, 5.74) is -0.451. The Bertz CT molecular complexity index is 413. The van der Waals surface area contributed by atoms with Crippen molar-refractivity contribution in [3.63, 3.8) is 0 Å². The minimum atomic E-state index is -1.18. The van der Waals surface area contributed by atoms with E-state index in [0.29, 0.717) is 5.92 Å². The van der Waals surface area contributed by atoms with Gasteiger partial charge in [0.05, 0.1) is 6.21 Å². The summed E-state index contributed by atoms with van der Waals surface area (Å²) in [6.45, 7) is 12.9. The van der Waals surface area contributed by atoms with E-state index >= 15 is 0 Å². The standard InChI is InChI=1S/C17H32N2O3S/c1-16(2,3)22-15(20)19-12-8-10-14(13-19)9-7-11-18-23(21)17(4,5)6/h11,14H,7-10,12-13H2,1-6H3/b18-11+/t14-,23?/m0/s1. The van der Waals surface area contributed by atoms with Crippen molar-refractivity contribution in [1.82, 2.24) is 4.90 Å². The van der Waals surface area contributed by atoms with Crippen molar-refractivity contribution < 1.29 is 14.1 Å². The fourth-order valence-electron chi connectivity index (χ4n) is 2.38. The van der Waals surface area contributed by atoms with Gasteiger partial charge in [-0.1, -0.05) is 4.40 Å². The highest BCUT2D eigenvalue weighted by atomic mass is 32.2. The molecule has 6 heteroatoms. The Balaban J connectivity index is 2.39. The number of piperidine rings is 1. The van der Waals surface area contributed by atoms with Crippen molar-refractivity contribution in [2.45, 2.75) is 77.6 Å². The van der Waals surface area contributed by atoms with E-state index in [1.54, 1.807) is 6.21 Å². The van der Waals surface area contributed by atoms with Gasteiger partial charge >= 0.3 is 6.09 Å². The Morgan fingerprint density at radius 3 is 2.57 bits per heavy atom. The lowest BCUT2D eigenvalue weighted by atomic mass is 9.94. The molecule has 0 aromatic carbocycles. The third-order valence-corrected chi connectivity index (χ3v) is 4.96. The molecule has 0 aromatic rings. The van der Waals surface area contributed by atoms with Gasteiger partial charge < -0.3 is 14.2 Å². The van der Waals surface area contributed by atoms with Gasteiger partial charge in [0, 0.05) is 13.1 Å². The van der Waals surface area contributed by atoms with Gasteiger partial charge in [-0.15, -0.1) is 0 Å². The minimum absolute atomic E-state index is 0.218. The van der Waals surface area contributed by atoms with Crippen molar-refractivity contribution in [3.8, 4) is 0 Å². The number of amides is 1. The van der Waals surface area contributed by atoms with E-state index < -0.39 is 17.0 Å². The molecular weight excluding hydrogens is 312 g/mol. The Morgan fingerprint density at radius 2 is 2.00 bits per heavy atom. The molecule has 0 N–H and O–H groups in total. The highest BCUT2D eigenvalue weighted by molar-refractivity contribution is 7.91. The first kappa shape index (κ1) is 20.3. The van der Waals surface area contributed by atoms with Crippen LogP contribution in [0.1, 0.15) is 67.2 Å². The van der Waals surface area contributed by atoms with Gasteiger partial charge in [0.2, 0.25) is 0 Å². The number of hydrogen-bond donors (Lipinski definition) is 0. The lowest BCUT2D eigenvalue weighted by Gasteiger charge is -2.34. The first-order valence-electron chi connectivity index (χ1n) is 8.41. The Kier molecular flexibility index (Phi) is 7.39. The third-order valence-electron chi connectivity index (χ3n) is 3.57. The van der Waals surface area contributed by atoms with Gasteiger partial charge in [0.15, 0.2) is 0 Å². The lowest BCUT2D eigenvalue weighted by Crippen LogP contribution is -2.42. The molecule has 1 heterocycles. The van der Waals surface area contributed by atoms with Gasteiger partial charge in [0.1, 0.15) is 21.7 Å². The average Bonchev–Trinajstić information content (AvgIpc) is 2.40. The normalized spacial score (nSPS) is 21.5. The lowest BCUT2D eigenvalue weighted by molar-refractivity contribution is 0.0163. The van der Waals surface area contributed by atoms with Gasteiger partial charge in [-0.25, -0.2) is 4.79 Å². The van der Waals surface area contributed by atoms with Crippen molar-refractivity contribution in [1.29, 1.82) is 0 Å². The van der Waals surface area contributed by atoms with E-state index in [-0.39, 0.29) is 10.8 Å². The molecular formula is C17H32N2O3S. The molecule has 0 spiro atoms. The monoisotopic (exact) mass is 344 g/mol. The van der Waals surface area contributed by atoms with Crippen LogP contribution in [0.25, 0.3) is 0 Å². The molecule has 0 bridgehead atoms. The Morgan fingerprint density at radius 1 is 1.35 bits per heavy atom. The molecule has 0 radical (unpaired) electrons. The molecule has 0 aliphatic carbocycles. The fraction of sp³-hybridized carbons (Fsp3) is 0.882. The van der Waals surface area contributed by atoms with Crippen LogP contribution >= 0.6 is 0 Å². The summed E-state index contributed by atoms with van der Waals surface area (Å²) < 4.78 is 21.1. The molecule has 2 atom stereocenters. The molecule has 0 saturated carbocycles. The zero-order valence-electron chi connectivity index (χ0n) is 15.4. The molecule has 1 unspecified atom stereocenters. The molecule has 1 amide bonds. The number of carbonyl (C=O) groups excluding carboxylic acids is 1. The number of rotatable bonds is 4. The second-order valence-corrected chi connectivity index (χ2v) is 10.1. The summed E-state index contributed by atoms with van der Waals surface area (Å²) >= 11 is -1.18. The van der Waals surface area contributed by atoms with Crippen LogP contribution in [0.4, 0.5) is 4.79 Å². The van der Waals surface area contributed by atoms with Crippen LogP contribution in [0.15, 0.2) is 4.40 Å². The fourth-order valence-corrected chi connectivity index (χ4v) is 2.94. The number of likely N-dealkylation sites (tertiary alicyclic amines) is 1. The number of carbonyl (C=O) groups is 1. The van der Waals surface area contributed by atoms with Gasteiger partial charge in [-0.3, -0.25) is 0 Å². The zero-order chi connectivity index (χ0) is 17.7. The van der Waals surface area contributed by atoms with Crippen molar-refractivity contribution in [2.24, 2.45) is 10.3 Å². The highest BCUT2D eigenvalue weighted by Gasteiger charge is 2.28. The molecule has 1 aliphatic heterocycles. The van der Waals surface area contributed by atoms with E-state index in [9.17, 15) is 9.35 Å². The second-order valence-electron chi connectivity index (χ2n) is 8.16. The Labute approximate surface area is 144 Å². The molecule has 0 aromatic heterocycles. The minimum Gasteiger partial charge on any atom is -0.591 e. The number of nitrogens with zero attached hydrogens (tertiary/aromatic N) is 2. The molecule has 134 valence electrons. The van der Waals surface area contributed by atoms with Gasteiger partial charge in [-0.2, -0.15) is 0 Å². The van der Waals surface area contributed by atoms with E-state index in [2.05, 4.69) is 4.40 Å². The van der Waals surface area contributed by atoms with Crippen molar-refractivity contribution >= 4 is 23.7 Å². The first-order valence-corrected chi connectivity index (χ1v) is 9.52. The SMILES string of the molecule is CC(C)(C)OC(=O)N1CCC[C@H](CC/C=N/[S+]([O-])C(C)(C)C)C1. The molecule has 1 rings (SSSR count). The van der Waals surface area contributed by atoms with Gasteiger partial charge in [0.25, 0.3) is 0 Å². The maximum absolute atomic E-state index is 12.1. The molecule has 1 fully saturated rings. The summed E-state index contributed by atoms with van der Waals surface area (Å²) in [4.78, 5) is 13.9. The van der Waals surface area contributed by atoms with Crippen LogP contribution in [0.2, 0.25) is 0 Å². The summed E-state index contributed by atoms with van der Waals surface area (Å²) in [6, 6.07) is 0. The summed E-state index contributed by atoms with van der Waals surface area (Å²) in [5.74, 6) is 0.464. The molecule has 5 nitrogen and oxygen atoms in total. The van der Waals surface area contributed by atoms with Crippen molar-refractivity contribution in [3.05, 3.63) is 0 Å². The van der Waals surface area contributed by atoms with E-state index in [1.807, 2.05) is 46.4 Å². The van der Waals surface area contributed by atoms with Crippen LogP contribution in [-0.4, -0.2) is 45.2 Å². The molecule has 23 heavy (non-hydrogen) atoms. The molecule has 1 aliphatic rings. The summed E-state index contributed by atoms with van der Waals surface area (Å²) in [5, 5.41) is 0. The number of ether oxygens (including phenoxy) is 1. The van der Waals surface area contributed by atoms with E-state index in [1.165, 1.54) is 0 Å². The van der Waals surface area contributed by atoms with Crippen LogP contribution in [-0.2, 0) is 16.1 Å². The first-order chi connectivity index (χ1) is 10.5. The van der Waals surface area contributed by atoms with Crippen LogP contribution < -0.4 is 0 Å². The summed E-state index contributed by atoms with van der Waals surface area (Å²) in [6.07, 6.45) is 5.45. The van der Waals surface area contributed by atoms with E-state index in [4.69, 9.17) is 4.74 Å². The van der Waals surface area contributed by atoms with E-state index in [0.717, 1.165) is 38.8 Å². The van der Waals surface area contributed by atoms with Gasteiger partial charge in [-0.05, 0) is 73.1 Å².